The lowest BCUT2D eigenvalue weighted by Gasteiger charge is -2.27. The van der Waals surface area contributed by atoms with Crippen LogP contribution in [-0.2, 0) is 9.13 Å². The first-order valence-corrected chi connectivity index (χ1v) is 25.7. The lowest BCUT2D eigenvalue weighted by molar-refractivity contribution is 0.436. The highest BCUT2D eigenvalue weighted by Gasteiger charge is 2.54. The molecule has 48 heavy (non-hydrogen) atoms. The molecule has 0 spiro atoms. The summed E-state index contributed by atoms with van der Waals surface area (Å²) in [6.07, 6.45) is 26.2. The summed E-state index contributed by atoms with van der Waals surface area (Å²) in [6, 6.07) is 13.1. The molecule has 0 aliphatic carbocycles. The molecular weight excluding hydrogens is 852 g/mol. The lowest BCUT2D eigenvalue weighted by Crippen LogP contribution is -2.20. The number of halogens is 2. The average molecular weight is 917 g/mol. The summed E-state index contributed by atoms with van der Waals surface area (Å²) in [5.74, 6) is 0.888. The standard InChI is InChI=1S/C42H64I2O2P2/c1-5-9-13-17-21-33(22-18-14-10-6-2)31-47(45)39-29-35(43)25-27-37(39)42-41(47)38-28-26-36(44)30-40(38)48(42,46)32-34(23-19-15-11-7-3)24-20-16-12-8-4/h25-30,33-34H,5-24,31-32H2,1-4H3. The first kappa shape index (κ1) is 40.9. The SMILES string of the molecule is CCCCCCC(CCCCCC)CP1(=O)C2=C(c3ccc(I)cc31)P(=O)(CC(CCCCCC)CCCCCC)c1cc(I)ccc12. The molecule has 0 saturated heterocycles. The molecule has 2 unspecified atom stereocenters. The Balaban J connectivity index is 1.78. The van der Waals surface area contributed by atoms with E-state index in [2.05, 4.69) is 109 Å². The molecule has 0 saturated carbocycles. The number of rotatable bonds is 24. The maximum Gasteiger partial charge on any atom is 0.145 e. The van der Waals surface area contributed by atoms with Crippen LogP contribution >= 0.6 is 59.5 Å². The van der Waals surface area contributed by atoms with E-state index in [4.69, 9.17) is 0 Å². The first-order chi connectivity index (χ1) is 23.2. The predicted octanol–water partition coefficient (Wildman–Crippen LogP) is 14.8. The first-order valence-electron chi connectivity index (χ1n) is 19.8. The minimum absolute atomic E-state index is 0.444. The van der Waals surface area contributed by atoms with Crippen LogP contribution in [0.4, 0.5) is 0 Å². The molecule has 2 aliphatic heterocycles. The summed E-state index contributed by atoms with van der Waals surface area (Å²) in [7, 11) is -5.98. The molecule has 0 fully saturated rings. The van der Waals surface area contributed by atoms with Crippen LogP contribution in [-0.4, -0.2) is 12.3 Å². The fourth-order valence-electron chi connectivity index (χ4n) is 8.43. The van der Waals surface area contributed by atoms with Crippen LogP contribution < -0.4 is 10.6 Å². The van der Waals surface area contributed by atoms with Gasteiger partial charge < -0.3 is 9.13 Å². The monoisotopic (exact) mass is 916 g/mol. The Hall–Kier alpha value is 0.1000. The zero-order valence-corrected chi connectivity index (χ0v) is 36.7. The Morgan fingerprint density at radius 1 is 0.479 bits per heavy atom. The molecule has 2 nitrogen and oxygen atoms in total. The van der Waals surface area contributed by atoms with Crippen molar-refractivity contribution in [1.29, 1.82) is 0 Å². The van der Waals surface area contributed by atoms with Gasteiger partial charge in [-0.1, -0.05) is 143 Å². The highest BCUT2D eigenvalue weighted by molar-refractivity contribution is 14.1. The number of hydrogen-bond donors (Lipinski definition) is 0. The second-order valence-corrected chi connectivity index (χ2v) is 23.0. The molecule has 2 aromatic rings. The normalized spacial score (nSPS) is 19.8. The molecule has 0 N–H and O–H groups in total. The van der Waals surface area contributed by atoms with E-state index in [1.165, 1.54) is 103 Å². The van der Waals surface area contributed by atoms with Gasteiger partial charge in [-0.3, -0.25) is 0 Å². The molecule has 2 aliphatic rings. The van der Waals surface area contributed by atoms with Gasteiger partial charge in [0.2, 0.25) is 0 Å². The van der Waals surface area contributed by atoms with Crippen molar-refractivity contribution in [2.75, 3.05) is 12.3 Å². The van der Waals surface area contributed by atoms with E-state index in [0.717, 1.165) is 77.5 Å². The Labute approximate surface area is 322 Å². The summed E-state index contributed by atoms with van der Waals surface area (Å²) in [5, 5.41) is 4.07. The van der Waals surface area contributed by atoms with Gasteiger partial charge in [-0.2, -0.15) is 0 Å². The summed E-state index contributed by atoms with van der Waals surface area (Å²) in [4.78, 5) is 0. The van der Waals surface area contributed by atoms with Crippen LogP contribution in [0.2, 0.25) is 0 Å². The van der Waals surface area contributed by atoms with Crippen molar-refractivity contribution < 1.29 is 9.13 Å². The van der Waals surface area contributed by atoms with Gasteiger partial charge in [-0.15, -0.1) is 0 Å². The molecule has 4 rings (SSSR count). The summed E-state index contributed by atoms with van der Waals surface area (Å²) in [6.45, 7) is 9.12. The molecule has 268 valence electrons. The highest BCUT2D eigenvalue weighted by Crippen LogP contribution is 2.79. The number of unbranched alkanes of at least 4 members (excludes halogenated alkanes) is 12. The van der Waals surface area contributed by atoms with Crippen molar-refractivity contribution in [3.05, 3.63) is 54.7 Å². The van der Waals surface area contributed by atoms with E-state index in [1.807, 2.05) is 0 Å². The molecule has 2 heterocycles. The lowest BCUT2D eigenvalue weighted by atomic mass is 9.96. The van der Waals surface area contributed by atoms with Gasteiger partial charge in [0, 0.05) is 40.7 Å². The molecule has 0 radical (unpaired) electrons. The fourth-order valence-corrected chi connectivity index (χ4v) is 18.4. The summed E-state index contributed by atoms with van der Waals surface area (Å²) in [5.41, 5.74) is 2.13. The van der Waals surface area contributed by atoms with E-state index in [9.17, 15) is 0 Å². The van der Waals surface area contributed by atoms with Crippen molar-refractivity contribution in [2.24, 2.45) is 11.8 Å². The number of hydrogen-bond acceptors (Lipinski definition) is 2. The zero-order chi connectivity index (χ0) is 34.6. The second kappa shape index (κ2) is 20.4. The zero-order valence-electron chi connectivity index (χ0n) is 30.6. The Bertz CT molecular complexity index is 1320. The molecule has 0 aromatic heterocycles. The van der Waals surface area contributed by atoms with Gasteiger partial charge in [0.05, 0.1) is 0 Å². The minimum Gasteiger partial charge on any atom is -0.314 e. The van der Waals surface area contributed by atoms with Crippen LogP contribution in [0, 0.1) is 19.0 Å². The summed E-state index contributed by atoms with van der Waals surface area (Å²) >= 11 is 4.80. The van der Waals surface area contributed by atoms with E-state index in [1.54, 1.807) is 0 Å². The Kier molecular flexibility index (Phi) is 17.3. The summed E-state index contributed by atoms with van der Waals surface area (Å²) < 4.78 is 34.5. The largest absolute Gasteiger partial charge is 0.314 e. The van der Waals surface area contributed by atoms with Crippen LogP contribution in [0.1, 0.15) is 167 Å². The van der Waals surface area contributed by atoms with Crippen molar-refractivity contribution in [2.45, 2.75) is 156 Å². The molecule has 0 bridgehead atoms. The maximum atomic E-state index is 16.1. The second-order valence-electron chi connectivity index (χ2n) is 15.0. The third kappa shape index (κ3) is 10.2. The van der Waals surface area contributed by atoms with E-state index >= 15 is 9.13 Å². The quantitative estimate of drug-likeness (QED) is 0.0597. The van der Waals surface area contributed by atoms with Crippen molar-refractivity contribution in [3.8, 4) is 0 Å². The average Bonchev–Trinajstić information content (AvgIpc) is 3.47. The van der Waals surface area contributed by atoms with Gasteiger partial charge in [0.25, 0.3) is 0 Å². The minimum atomic E-state index is -2.99. The molecule has 0 amide bonds. The Morgan fingerprint density at radius 3 is 1.08 bits per heavy atom. The smallest absolute Gasteiger partial charge is 0.145 e. The van der Waals surface area contributed by atoms with Gasteiger partial charge in [-0.25, -0.2) is 0 Å². The Morgan fingerprint density at radius 2 is 0.792 bits per heavy atom. The van der Waals surface area contributed by atoms with Crippen LogP contribution in [0.3, 0.4) is 0 Å². The topological polar surface area (TPSA) is 34.1 Å². The van der Waals surface area contributed by atoms with Crippen LogP contribution in [0.15, 0.2) is 36.4 Å². The van der Waals surface area contributed by atoms with Gasteiger partial charge in [0.1, 0.15) is 14.3 Å². The third-order valence-electron chi connectivity index (χ3n) is 11.0. The maximum absolute atomic E-state index is 16.1. The van der Waals surface area contributed by atoms with E-state index < -0.39 is 14.3 Å². The molecular formula is C42H64I2O2P2. The van der Waals surface area contributed by atoms with Gasteiger partial charge >= 0.3 is 0 Å². The van der Waals surface area contributed by atoms with Crippen molar-refractivity contribution in [3.63, 3.8) is 0 Å². The molecule has 2 atom stereocenters. The molecule has 6 heteroatoms. The van der Waals surface area contributed by atoms with E-state index in [0.29, 0.717) is 11.8 Å². The van der Waals surface area contributed by atoms with Crippen LogP contribution in [0.25, 0.3) is 10.6 Å². The van der Waals surface area contributed by atoms with Gasteiger partial charge in [-0.05, 0) is 118 Å². The van der Waals surface area contributed by atoms with E-state index in [-0.39, 0.29) is 0 Å². The van der Waals surface area contributed by atoms with Gasteiger partial charge in [0.15, 0.2) is 0 Å². The van der Waals surface area contributed by atoms with Crippen LogP contribution in [0.5, 0.6) is 0 Å². The van der Waals surface area contributed by atoms with Crippen molar-refractivity contribution >= 4 is 80.7 Å². The van der Waals surface area contributed by atoms with Crippen molar-refractivity contribution in [1.82, 2.24) is 0 Å². The predicted molar refractivity (Wildman–Crippen MR) is 231 cm³/mol. The highest BCUT2D eigenvalue weighted by atomic mass is 127. The number of fused-ring (bicyclic) bond motifs is 4. The molecule has 2 aromatic carbocycles. The third-order valence-corrected chi connectivity index (χ3v) is 19.3. The number of benzene rings is 2. The fraction of sp³-hybridized carbons (Fsp3) is 0.667.